The third-order valence-corrected chi connectivity index (χ3v) is 3.78. The minimum Gasteiger partial charge on any atom is -0.388 e. The number of nitrogens with zero attached hydrogens (tertiary/aromatic N) is 2. The molecular formula is C16H23N3O. The van der Waals surface area contributed by atoms with Crippen LogP contribution in [0.25, 0.3) is 0 Å². The van der Waals surface area contributed by atoms with E-state index in [1.807, 2.05) is 19.1 Å². The van der Waals surface area contributed by atoms with Gasteiger partial charge in [-0.25, -0.2) is 0 Å². The lowest BCUT2D eigenvalue weighted by Gasteiger charge is -2.38. The summed E-state index contributed by atoms with van der Waals surface area (Å²) in [5, 5.41) is 22.8. The second-order valence-electron chi connectivity index (χ2n) is 5.77. The summed E-state index contributed by atoms with van der Waals surface area (Å²) >= 11 is 0. The largest absolute Gasteiger partial charge is 0.388 e. The molecule has 4 nitrogen and oxygen atoms in total. The van der Waals surface area contributed by atoms with E-state index in [0.29, 0.717) is 12.1 Å². The van der Waals surface area contributed by atoms with Gasteiger partial charge < -0.3 is 15.3 Å². The van der Waals surface area contributed by atoms with E-state index >= 15 is 0 Å². The average molecular weight is 273 g/mol. The number of hydrogen-bond donors (Lipinski definition) is 2. The van der Waals surface area contributed by atoms with Crippen molar-refractivity contribution in [2.75, 3.05) is 24.5 Å². The summed E-state index contributed by atoms with van der Waals surface area (Å²) in [6.45, 7) is 7.12. The molecule has 1 heterocycles. The van der Waals surface area contributed by atoms with E-state index in [2.05, 4.69) is 29.3 Å². The summed E-state index contributed by atoms with van der Waals surface area (Å²) in [7, 11) is 0. The molecule has 1 aromatic rings. The standard InChI is InChI=1S/C16H23N3O/c1-3-18-11-13-5-6-15(14(9-13)10-17)19-8-4-7-16(2,20)12-19/h5-6,9,18,20H,3-4,7-8,11-12H2,1-2H3. The Kier molecular flexibility index (Phi) is 4.64. The molecule has 1 atom stereocenters. The topological polar surface area (TPSA) is 59.3 Å². The third kappa shape index (κ3) is 3.50. The molecule has 0 aliphatic carbocycles. The molecule has 1 unspecified atom stereocenters. The molecule has 2 N–H and O–H groups in total. The van der Waals surface area contributed by atoms with Crippen molar-refractivity contribution < 1.29 is 5.11 Å². The summed E-state index contributed by atoms with van der Waals surface area (Å²) in [4.78, 5) is 2.12. The molecule has 1 fully saturated rings. The molecule has 1 aromatic carbocycles. The van der Waals surface area contributed by atoms with Crippen LogP contribution in [0.15, 0.2) is 18.2 Å². The second-order valence-corrected chi connectivity index (χ2v) is 5.77. The number of β-amino-alcohol motifs (C(OH)–C–C–N with tert-alkyl or cyclic N) is 1. The number of nitriles is 1. The van der Waals surface area contributed by atoms with Crippen molar-refractivity contribution in [3.63, 3.8) is 0 Å². The summed E-state index contributed by atoms with van der Waals surface area (Å²) in [5.74, 6) is 0. The molecule has 0 amide bonds. The van der Waals surface area contributed by atoms with Gasteiger partial charge in [-0.05, 0) is 44.0 Å². The van der Waals surface area contributed by atoms with Crippen LogP contribution in [0, 0.1) is 11.3 Å². The SMILES string of the molecule is CCNCc1ccc(N2CCCC(C)(O)C2)c(C#N)c1. The molecule has 1 saturated heterocycles. The van der Waals surface area contributed by atoms with Gasteiger partial charge in [0.2, 0.25) is 0 Å². The molecule has 0 spiro atoms. The van der Waals surface area contributed by atoms with Crippen LogP contribution in [-0.4, -0.2) is 30.3 Å². The Balaban J connectivity index is 2.21. The molecule has 1 aliphatic rings. The highest BCUT2D eigenvalue weighted by Crippen LogP contribution is 2.28. The van der Waals surface area contributed by atoms with Crippen LogP contribution in [0.1, 0.15) is 37.8 Å². The number of benzene rings is 1. The van der Waals surface area contributed by atoms with E-state index in [4.69, 9.17) is 0 Å². The highest BCUT2D eigenvalue weighted by atomic mass is 16.3. The molecule has 0 bridgehead atoms. The van der Waals surface area contributed by atoms with Crippen LogP contribution in [0.5, 0.6) is 0 Å². The van der Waals surface area contributed by atoms with Crippen LogP contribution >= 0.6 is 0 Å². The van der Waals surface area contributed by atoms with Gasteiger partial charge in [0.05, 0.1) is 16.9 Å². The summed E-state index contributed by atoms with van der Waals surface area (Å²) in [6.07, 6.45) is 1.78. The predicted molar refractivity (Wildman–Crippen MR) is 80.6 cm³/mol. The molecule has 4 heteroatoms. The number of piperidine rings is 1. The molecule has 108 valence electrons. The molecular weight excluding hydrogens is 250 g/mol. The maximum absolute atomic E-state index is 10.2. The third-order valence-electron chi connectivity index (χ3n) is 3.78. The Bertz CT molecular complexity index is 505. The van der Waals surface area contributed by atoms with Gasteiger partial charge in [0, 0.05) is 19.6 Å². The van der Waals surface area contributed by atoms with Gasteiger partial charge in [-0.15, -0.1) is 0 Å². The molecule has 2 rings (SSSR count). The molecule has 0 aromatic heterocycles. The first-order valence-corrected chi connectivity index (χ1v) is 7.27. The fourth-order valence-corrected chi connectivity index (χ4v) is 2.75. The van der Waals surface area contributed by atoms with Gasteiger partial charge in [0.15, 0.2) is 0 Å². The van der Waals surface area contributed by atoms with Gasteiger partial charge in [0.25, 0.3) is 0 Å². The normalized spacial score (nSPS) is 22.6. The van der Waals surface area contributed by atoms with Gasteiger partial charge in [0.1, 0.15) is 6.07 Å². The van der Waals surface area contributed by atoms with Gasteiger partial charge >= 0.3 is 0 Å². The van der Waals surface area contributed by atoms with Crippen molar-refractivity contribution >= 4 is 5.69 Å². The highest BCUT2D eigenvalue weighted by molar-refractivity contribution is 5.61. The zero-order valence-corrected chi connectivity index (χ0v) is 12.3. The van der Waals surface area contributed by atoms with E-state index in [1.54, 1.807) is 0 Å². The number of nitrogens with one attached hydrogen (secondary N) is 1. The Labute approximate surface area is 121 Å². The molecule has 1 aliphatic heterocycles. The zero-order valence-electron chi connectivity index (χ0n) is 12.3. The number of anilines is 1. The number of rotatable bonds is 4. The van der Waals surface area contributed by atoms with Crippen molar-refractivity contribution in [2.45, 2.75) is 38.8 Å². The van der Waals surface area contributed by atoms with E-state index in [1.165, 1.54) is 0 Å². The van der Waals surface area contributed by atoms with Gasteiger partial charge in [-0.2, -0.15) is 5.26 Å². The maximum Gasteiger partial charge on any atom is 0.101 e. The first-order chi connectivity index (χ1) is 9.55. The van der Waals surface area contributed by atoms with E-state index in [9.17, 15) is 10.4 Å². The Morgan fingerprint density at radius 1 is 1.50 bits per heavy atom. The van der Waals surface area contributed by atoms with Crippen molar-refractivity contribution in [1.29, 1.82) is 5.26 Å². The Morgan fingerprint density at radius 2 is 2.30 bits per heavy atom. The van der Waals surface area contributed by atoms with Crippen LogP contribution in [0.2, 0.25) is 0 Å². The van der Waals surface area contributed by atoms with E-state index in [0.717, 1.165) is 43.7 Å². The lowest BCUT2D eigenvalue weighted by atomic mass is 9.94. The molecule has 0 saturated carbocycles. The van der Waals surface area contributed by atoms with E-state index in [-0.39, 0.29) is 0 Å². The molecule has 0 radical (unpaired) electrons. The predicted octanol–water partition coefficient (Wildman–Crippen LogP) is 2.02. The molecule has 20 heavy (non-hydrogen) atoms. The van der Waals surface area contributed by atoms with Crippen LogP contribution in [0.4, 0.5) is 5.69 Å². The fraction of sp³-hybridized carbons (Fsp3) is 0.562. The summed E-state index contributed by atoms with van der Waals surface area (Å²) in [6, 6.07) is 8.30. The lowest BCUT2D eigenvalue weighted by molar-refractivity contribution is 0.0449. The summed E-state index contributed by atoms with van der Waals surface area (Å²) in [5.41, 5.74) is 2.09. The Hall–Kier alpha value is -1.57. The smallest absolute Gasteiger partial charge is 0.101 e. The minimum atomic E-state index is -0.659. The number of hydrogen-bond acceptors (Lipinski definition) is 4. The Morgan fingerprint density at radius 3 is 2.95 bits per heavy atom. The minimum absolute atomic E-state index is 0.592. The maximum atomic E-state index is 10.2. The zero-order chi connectivity index (χ0) is 14.6. The average Bonchev–Trinajstić information content (AvgIpc) is 2.43. The lowest BCUT2D eigenvalue weighted by Crippen LogP contribution is -2.46. The van der Waals surface area contributed by atoms with Crippen LogP contribution < -0.4 is 10.2 Å². The quantitative estimate of drug-likeness (QED) is 0.881. The van der Waals surface area contributed by atoms with Crippen LogP contribution in [0.3, 0.4) is 0 Å². The first kappa shape index (κ1) is 14.8. The second kappa shape index (κ2) is 6.25. The van der Waals surface area contributed by atoms with Crippen molar-refractivity contribution in [3.8, 4) is 6.07 Å². The van der Waals surface area contributed by atoms with Gasteiger partial charge in [-0.3, -0.25) is 0 Å². The van der Waals surface area contributed by atoms with Crippen molar-refractivity contribution in [2.24, 2.45) is 0 Å². The highest BCUT2D eigenvalue weighted by Gasteiger charge is 2.29. The fourth-order valence-electron chi connectivity index (χ4n) is 2.75. The van der Waals surface area contributed by atoms with Gasteiger partial charge in [-0.1, -0.05) is 13.0 Å². The monoisotopic (exact) mass is 273 g/mol. The first-order valence-electron chi connectivity index (χ1n) is 7.27. The van der Waals surface area contributed by atoms with Crippen molar-refractivity contribution in [1.82, 2.24) is 5.32 Å². The number of aliphatic hydroxyl groups is 1. The van der Waals surface area contributed by atoms with Crippen LogP contribution in [-0.2, 0) is 6.54 Å². The summed E-state index contributed by atoms with van der Waals surface area (Å²) < 4.78 is 0. The van der Waals surface area contributed by atoms with Crippen molar-refractivity contribution in [3.05, 3.63) is 29.3 Å². The van der Waals surface area contributed by atoms with E-state index < -0.39 is 5.60 Å².